The molecule has 1 aromatic rings. The molecule has 0 aromatic heterocycles. The van der Waals surface area contributed by atoms with Gasteiger partial charge in [0, 0.05) is 24.2 Å². The quantitative estimate of drug-likeness (QED) is 0.725. The van der Waals surface area contributed by atoms with Crippen molar-refractivity contribution in [3.05, 3.63) is 29.6 Å². The van der Waals surface area contributed by atoms with Crippen LogP contribution in [-0.2, 0) is 4.79 Å². The van der Waals surface area contributed by atoms with Crippen LogP contribution in [0.3, 0.4) is 0 Å². The van der Waals surface area contributed by atoms with Gasteiger partial charge >= 0.3 is 0 Å². The van der Waals surface area contributed by atoms with Gasteiger partial charge in [-0.25, -0.2) is 4.39 Å². The van der Waals surface area contributed by atoms with Crippen molar-refractivity contribution in [3.8, 4) is 5.75 Å². The van der Waals surface area contributed by atoms with E-state index >= 15 is 0 Å². The van der Waals surface area contributed by atoms with E-state index in [1.54, 1.807) is 19.9 Å². The average molecular weight is 296 g/mol. The number of carbonyl (C=O) groups excluding carboxylic acids is 1. The van der Waals surface area contributed by atoms with Crippen LogP contribution in [0.15, 0.2) is 18.2 Å². The van der Waals surface area contributed by atoms with Gasteiger partial charge in [-0.05, 0) is 26.3 Å². The fraction of sp³-hybridized carbons (Fsp3) is 0.562. The Balaban J connectivity index is 2.63. The van der Waals surface area contributed by atoms with Crippen LogP contribution < -0.4 is 15.8 Å². The highest BCUT2D eigenvalue weighted by atomic mass is 19.1. The summed E-state index contributed by atoms with van der Waals surface area (Å²) < 4.78 is 18.9. The molecule has 3 N–H and O–H groups in total. The zero-order valence-electron chi connectivity index (χ0n) is 13.0. The predicted octanol–water partition coefficient (Wildman–Crippen LogP) is 2.92. The predicted molar refractivity (Wildman–Crippen MR) is 81.6 cm³/mol. The molecular weight excluding hydrogens is 271 g/mol. The summed E-state index contributed by atoms with van der Waals surface area (Å²) >= 11 is 0. The Kier molecular flexibility index (Phi) is 7.15. The molecule has 1 aromatic carbocycles. The Morgan fingerprint density at radius 1 is 1.38 bits per heavy atom. The molecule has 1 unspecified atom stereocenters. The minimum absolute atomic E-state index is 0.203. The SMILES string of the molecule is CCCCCNC(=O)C(C)Oc1cc(F)ccc1[C@@H](C)N. The fourth-order valence-corrected chi connectivity index (χ4v) is 1.96. The zero-order chi connectivity index (χ0) is 15.8. The molecule has 0 aliphatic heterocycles. The smallest absolute Gasteiger partial charge is 0.260 e. The second kappa shape index (κ2) is 8.62. The lowest BCUT2D eigenvalue weighted by molar-refractivity contribution is -0.127. The fourth-order valence-electron chi connectivity index (χ4n) is 1.96. The number of rotatable bonds is 8. The summed E-state index contributed by atoms with van der Waals surface area (Å²) in [6, 6.07) is 3.89. The molecule has 0 aliphatic carbocycles. The van der Waals surface area contributed by atoms with Crippen LogP contribution in [0.1, 0.15) is 51.6 Å². The summed E-state index contributed by atoms with van der Waals surface area (Å²) in [6.45, 7) is 6.16. The van der Waals surface area contributed by atoms with Gasteiger partial charge < -0.3 is 15.8 Å². The first kappa shape index (κ1) is 17.4. The maximum absolute atomic E-state index is 13.3. The number of hydrogen-bond acceptors (Lipinski definition) is 3. The normalized spacial score (nSPS) is 13.6. The third kappa shape index (κ3) is 5.71. The molecular formula is C16H25FN2O2. The molecule has 0 spiro atoms. The van der Waals surface area contributed by atoms with Gasteiger partial charge in [-0.2, -0.15) is 0 Å². The molecule has 0 radical (unpaired) electrons. The third-order valence-corrected chi connectivity index (χ3v) is 3.22. The second-order valence-corrected chi connectivity index (χ2v) is 5.23. The van der Waals surface area contributed by atoms with E-state index in [1.807, 2.05) is 0 Å². The van der Waals surface area contributed by atoms with Crippen molar-refractivity contribution in [1.29, 1.82) is 0 Å². The molecule has 4 nitrogen and oxygen atoms in total. The lowest BCUT2D eigenvalue weighted by atomic mass is 10.1. The van der Waals surface area contributed by atoms with Crippen LogP contribution in [0, 0.1) is 5.82 Å². The third-order valence-electron chi connectivity index (χ3n) is 3.22. The van der Waals surface area contributed by atoms with E-state index < -0.39 is 11.9 Å². The minimum atomic E-state index is -0.689. The number of nitrogens with two attached hydrogens (primary N) is 1. The van der Waals surface area contributed by atoms with Crippen molar-refractivity contribution in [2.24, 2.45) is 5.73 Å². The van der Waals surface area contributed by atoms with Crippen molar-refractivity contribution >= 4 is 5.91 Å². The lowest BCUT2D eigenvalue weighted by Crippen LogP contribution is -2.37. The molecule has 1 rings (SSSR count). The van der Waals surface area contributed by atoms with Crippen LogP contribution in [0.5, 0.6) is 5.75 Å². The van der Waals surface area contributed by atoms with Crippen molar-refractivity contribution in [2.45, 2.75) is 52.2 Å². The summed E-state index contributed by atoms with van der Waals surface area (Å²) in [7, 11) is 0. The number of ether oxygens (including phenoxy) is 1. The van der Waals surface area contributed by atoms with Gasteiger partial charge in [0.05, 0.1) is 0 Å². The van der Waals surface area contributed by atoms with Gasteiger partial charge in [-0.3, -0.25) is 4.79 Å². The van der Waals surface area contributed by atoms with Gasteiger partial charge in [0.25, 0.3) is 5.91 Å². The standard InChI is InChI=1S/C16H25FN2O2/c1-4-5-6-9-19-16(20)12(3)21-15-10-13(17)7-8-14(15)11(2)18/h7-8,10-12H,4-6,9,18H2,1-3H3,(H,19,20)/t11-,12?/m1/s1. The monoisotopic (exact) mass is 296 g/mol. The van der Waals surface area contributed by atoms with Gasteiger partial charge in [0.2, 0.25) is 0 Å². The highest BCUT2D eigenvalue weighted by Crippen LogP contribution is 2.25. The molecule has 0 aliphatic rings. The van der Waals surface area contributed by atoms with Crippen LogP contribution in [-0.4, -0.2) is 18.6 Å². The molecule has 0 bridgehead atoms. The number of carbonyl (C=O) groups is 1. The van der Waals surface area contributed by atoms with E-state index in [-0.39, 0.29) is 11.9 Å². The first-order valence-electron chi connectivity index (χ1n) is 7.45. The second-order valence-electron chi connectivity index (χ2n) is 5.23. The number of amides is 1. The first-order valence-corrected chi connectivity index (χ1v) is 7.45. The van der Waals surface area contributed by atoms with E-state index in [0.717, 1.165) is 19.3 Å². The molecule has 0 saturated carbocycles. The van der Waals surface area contributed by atoms with Gasteiger partial charge in [0.15, 0.2) is 6.10 Å². The van der Waals surface area contributed by atoms with Gasteiger partial charge in [-0.15, -0.1) is 0 Å². The molecule has 118 valence electrons. The van der Waals surface area contributed by atoms with Crippen molar-refractivity contribution in [1.82, 2.24) is 5.32 Å². The van der Waals surface area contributed by atoms with E-state index in [2.05, 4.69) is 12.2 Å². The van der Waals surface area contributed by atoms with Crippen molar-refractivity contribution in [3.63, 3.8) is 0 Å². The Labute approximate surface area is 125 Å². The summed E-state index contributed by atoms with van der Waals surface area (Å²) in [5.74, 6) is -0.294. The Hall–Kier alpha value is -1.62. The molecule has 2 atom stereocenters. The maximum atomic E-state index is 13.3. The maximum Gasteiger partial charge on any atom is 0.260 e. The van der Waals surface area contributed by atoms with Gasteiger partial charge in [0.1, 0.15) is 11.6 Å². The van der Waals surface area contributed by atoms with Crippen LogP contribution in [0.4, 0.5) is 4.39 Å². The van der Waals surface area contributed by atoms with Crippen molar-refractivity contribution in [2.75, 3.05) is 6.54 Å². The molecule has 21 heavy (non-hydrogen) atoms. The molecule has 0 fully saturated rings. The van der Waals surface area contributed by atoms with Crippen molar-refractivity contribution < 1.29 is 13.9 Å². The summed E-state index contributed by atoms with van der Waals surface area (Å²) in [4.78, 5) is 11.9. The molecule has 1 amide bonds. The van der Waals surface area contributed by atoms with Gasteiger partial charge in [-0.1, -0.05) is 25.8 Å². The van der Waals surface area contributed by atoms with E-state index in [0.29, 0.717) is 17.9 Å². The van der Waals surface area contributed by atoms with E-state index in [4.69, 9.17) is 10.5 Å². The molecule has 0 saturated heterocycles. The van der Waals surface area contributed by atoms with Crippen LogP contribution >= 0.6 is 0 Å². The number of hydrogen-bond donors (Lipinski definition) is 2. The first-order chi connectivity index (χ1) is 9.95. The molecule has 0 heterocycles. The zero-order valence-corrected chi connectivity index (χ0v) is 13.0. The minimum Gasteiger partial charge on any atom is -0.480 e. The summed E-state index contributed by atoms with van der Waals surface area (Å²) in [5.41, 5.74) is 6.51. The summed E-state index contributed by atoms with van der Waals surface area (Å²) in [6.07, 6.45) is 2.43. The Morgan fingerprint density at radius 2 is 2.10 bits per heavy atom. The van der Waals surface area contributed by atoms with Crippen LogP contribution in [0.25, 0.3) is 0 Å². The number of halogens is 1. The van der Waals surface area contributed by atoms with E-state index in [9.17, 15) is 9.18 Å². The highest BCUT2D eigenvalue weighted by Gasteiger charge is 2.17. The van der Waals surface area contributed by atoms with E-state index in [1.165, 1.54) is 12.1 Å². The topological polar surface area (TPSA) is 64.3 Å². The molecule has 5 heteroatoms. The number of nitrogens with one attached hydrogen (secondary N) is 1. The Bertz CT molecular complexity index is 464. The summed E-state index contributed by atoms with van der Waals surface area (Å²) in [5, 5.41) is 2.81. The largest absolute Gasteiger partial charge is 0.480 e. The Morgan fingerprint density at radius 3 is 2.71 bits per heavy atom. The number of benzene rings is 1. The lowest BCUT2D eigenvalue weighted by Gasteiger charge is -2.18. The number of unbranched alkanes of at least 4 members (excludes halogenated alkanes) is 2. The highest BCUT2D eigenvalue weighted by molar-refractivity contribution is 5.80. The van der Waals surface area contributed by atoms with Crippen LogP contribution in [0.2, 0.25) is 0 Å². The average Bonchev–Trinajstić information content (AvgIpc) is 2.43.